The topological polar surface area (TPSA) is 84.4 Å². The molecule has 1 heterocycles. The number of rotatable bonds is 5. The maximum Gasteiger partial charge on any atom is 0.293 e. The van der Waals surface area contributed by atoms with Crippen molar-refractivity contribution in [3.05, 3.63) is 33.9 Å². The fourth-order valence-electron chi connectivity index (χ4n) is 2.60. The van der Waals surface area contributed by atoms with Gasteiger partial charge < -0.3 is 5.43 Å². The van der Waals surface area contributed by atoms with Crippen LogP contribution >= 0.6 is 0 Å². The van der Waals surface area contributed by atoms with Gasteiger partial charge in [-0.1, -0.05) is 19.4 Å². The molecule has 1 fully saturated rings. The molecule has 0 spiro atoms. The van der Waals surface area contributed by atoms with Crippen LogP contribution in [0.15, 0.2) is 18.2 Å². The lowest BCUT2D eigenvalue weighted by atomic mass is 10.1. The number of benzene rings is 1. The van der Waals surface area contributed by atoms with Gasteiger partial charge in [0.15, 0.2) is 0 Å². The Balaban J connectivity index is 2.07. The highest BCUT2D eigenvalue weighted by atomic mass is 16.6. The summed E-state index contributed by atoms with van der Waals surface area (Å²) in [6.45, 7) is 5.25. The fraction of sp³-hybridized carbons (Fsp3) is 0.538. The van der Waals surface area contributed by atoms with Gasteiger partial charge in [0.25, 0.3) is 5.69 Å². The molecular weight excluding hydrogens is 244 g/mol. The summed E-state index contributed by atoms with van der Waals surface area (Å²) >= 11 is 0. The zero-order valence-electron chi connectivity index (χ0n) is 11.1. The Morgan fingerprint density at radius 2 is 2.37 bits per heavy atom. The molecule has 1 atom stereocenters. The van der Waals surface area contributed by atoms with Gasteiger partial charge in [-0.15, -0.1) is 0 Å². The van der Waals surface area contributed by atoms with Gasteiger partial charge in [0.1, 0.15) is 5.69 Å². The van der Waals surface area contributed by atoms with Crippen molar-refractivity contribution in [2.75, 3.05) is 18.5 Å². The molecule has 1 saturated heterocycles. The van der Waals surface area contributed by atoms with E-state index in [4.69, 9.17) is 5.84 Å². The standard InChI is InChI=1S/C13H20N4O2/c1-2-10-5-6-16(8-10)9-11-3-4-13(17(18)19)12(7-11)15-14/h3-4,7,10,15H,2,5-6,8-9,14H2,1H3. The normalized spacial score (nSPS) is 19.6. The zero-order valence-corrected chi connectivity index (χ0v) is 11.1. The van der Waals surface area contributed by atoms with Gasteiger partial charge in [-0.3, -0.25) is 20.9 Å². The van der Waals surface area contributed by atoms with Gasteiger partial charge in [-0.05, 0) is 30.5 Å². The molecular formula is C13H20N4O2. The third-order valence-corrected chi connectivity index (χ3v) is 3.77. The Morgan fingerprint density at radius 3 is 2.95 bits per heavy atom. The summed E-state index contributed by atoms with van der Waals surface area (Å²) in [6.07, 6.45) is 2.46. The zero-order chi connectivity index (χ0) is 13.8. The average molecular weight is 264 g/mol. The van der Waals surface area contributed by atoms with Gasteiger partial charge >= 0.3 is 0 Å². The molecule has 6 heteroatoms. The molecule has 1 aliphatic rings. The molecule has 6 nitrogen and oxygen atoms in total. The molecule has 0 aromatic heterocycles. The minimum Gasteiger partial charge on any atom is -0.318 e. The van der Waals surface area contributed by atoms with Crippen molar-refractivity contribution >= 4 is 11.4 Å². The Kier molecular flexibility index (Phi) is 4.34. The molecule has 19 heavy (non-hydrogen) atoms. The minimum absolute atomic E-state index is 0.0131. The number of hydrogen-bond acceptors (Lipinski definition) is 5. The first-order valence-electron chi connectivity index (χ1n) is 6.60. The summed E-state index contributed by atoms with van der Waals surface area (Å²) in [5, 5.41) is 10.8. The first kappa shape index (κ1) is 13.8. The average Bonchev–Trinajstić information content (AvgIpc) is 2.86. The van der Waals surface area contributed by atoms with Crippen LogP contribution in [0.25, 0.3) is 0 Å². The van der Waals surface area contributed by atoms with Crippen LogP contribution < -0.4 is 11.3 Å². The molecule has 1 aromatic rings. The molecule has 1 aromatic carbocycles. The number of nitro groups is 1. The quantitative estimate of drug-likeness (QED) is 0.483. The van der Waals surface area contributed by atoms with Gasteiger partial charge in [0.2, 0.25) is 0 Å². The highest BCUT2D eigenvalue weighted by Gasteiger charge is 2.21. The van der Waals surface area contributed by atoms with E-state index in [9.17, 15) is 10.1 Å². The summed E-state index contributed by atoms with van der Waals surface area (Å²) in [5.41, 5.74) is 3.84. The SMILES string of the molecule is CCC1CCN(Cc2ccc([N+](=O)[O-])c(NN)c2)C1. The largest absolute Gasteiger partial charge is 0.318 e. The number of likely N-dealkylation sites (tertiary alicyclic amines) is 1. The molecule has 104 valence electrons. The second-order valence-electron chi connectivity index (χ2n) is 5.05. The summed E-state index contributed by atoms with van der Waals surface area (Å²) in [5.74, 6) is 6.12. The predicted octanol–water partition coefficient (Wildman–Crippen LogP) is 2.11. The van der Waals surface area contributed by atoms with Crippen molar-refractivity contribution in [3.8, 4) is 0 Å². The van der Waals surface area contributed by atoms with Gasteiger partial charge in [0, 0.05) is 19.2 Å². The van der Waals surface area contributed by atoms with E-state index < -0.39 is 4.92 Å². The number of nitrogen functional groups attached to an aromatic ring is 1. The van der Waals surface area contributed by atoms with Gasteiger partial charge in [0.05, 0.1) is 4.92 Å². The van der Waals surface area contributed by atoms with E-state index in [0.717, 1.165) is 31.1 Å². The molecule has 0 saturated carbocycles. The third kappa shape index (κ3) is 3.21. The van der Waals surface area contributed by atoms with Crippen molar-refractivity contribution < 1.29 is 4.92 Å². The number of hydrazine groups is 1. The van der Waals surface area contributed by atoms with Crippen LogP contribution in [0.1, 0.15) is 25.3 Å². The maximum absolute atomic E-state index is 10.8. The van der Waals surface area contributed by atoms with Crippen LogP contribution in [0.5, 0.6) is 0 Å². The number of nitrogens with zero attached hydrogens (tertiary/aromatic N) is 2. The first-order chi connectivity index (χ1) is 9.13. The molecule has 2 rings (SSSR count). The second-order valence-corrected chi connectivity index (χ2v) is 5.05. The molecule has 3 N–H and O–H groups in total. The van der Waals surface area contributed by atoms with Crippen molar-refractivity contribution in [2.24, 2.45) is 11.8 Å². The summed E-state index contributed by atoms with van der Waals surface area (Å²) in [7, 11) is 0. The van der Waals surface area contributed by atoms with E-state index in [1.165, 1.54) is 18.9 Å². The van der Waals surface area contributed by atoms with Crippen LogP contribution in [0, 0.1) is 16.0 Å². The highest BCUT2D eigenvalue weighted by Crippen LogP contribution is 2.26. The lowest BCUT2D eigenvalue weighted by molar-refractivity contribution is -0.384. The Hall–Kier alpha value is -1.66. The lowest BCUT2D eigenvalue weighted by Crippen LogP contribution is -2.20. The highest BCUT2D eigenvalue weighted by molar-refractivity contribution is 5.62. The van der Waals surface area contributed by atoms with Crippen LogP contribution in [0.2, 0.25) is 0 Å². The Bertz CT molecular complexity index is 464. The first-order valence-corrected chi connectivity index (χ1v) is 6.60. The Morgan fingerprint density at radius 1 is 1.58 bits per heavy atom. The predicted molar refractivity (Wildman–Crippen MR) is 74.6 cm³/mol. The number of nitrogens with two attached hydrogens (primary N) is 1. The van der Waals surface area contributed by atoms with Crippen LogP contribution in [0.4, 0.5) is 11.4 Å². The summed E-state index contributed by atoms with van der Waals surface area (Å²) in [4.78, 5) is 12.8. The van der Waals surface area contributed by atoms with Gasteiger partial charge in [-0.2, -0.15) is 0 Å². The fourth-order valence-corrected chi connectivity index (χ4v) is 2.60. The van der Waals surface area contributed by atoms with E-state index in [0.29, 0.717) is 5.69 Å². The molecule has 0 radical (unpaired) electrons. The van der Waals surface area contributed by atoms with Crippen molar-refractivity contribution in [3.63, 3.8) is 0 Å². The molecule has 1 unspecified atom stereocenters. The maximum atomic E-state index is 10.8. The summed E-state index contributed by atoms with van der Waals surface area (Å²) in [6, 6.07) is 5.08. The molecule has 1 aliphatic heterocycles. The Labute approximate surface area is 112 Å². The summed E-state index contributed by atoms with van der Waals surface area (Å²) < 4.78 is 0. The molecule has 0 bridgehead atoms. The monoisotopic (exact) mass is 264 g/mol. The van der Waals surface area contributed by atoms with E-state index in [2.05, 4.69) is 17.2 Å². The van der Waals surface area contributed by atoms with Crippen molar-refractivity contribution in [1.82, 2.24) is 4.90 Å². The third-order valence-electron chi connectivity index (χ3n) is 3.77. The van der Waals surface area contributed by atoms with Gasteiger partial charge in [-0.25, -0.2) is 0 Å². The minimum atomic E-state index is -0.429. The van der Waals surface area contributed by atoms with Crippen molar-refractivity contribution in [2.45, 2.75) is 26.3 Å². The van der Waals surface area contributed by atoms with Crippen LogP contribution in [0.3, 0.4) is 0 Å². The number of nitrogens with one attached hydrogen (secondary N) is 1. The lowest BCUT2D eigenvalue weighted by Gasteiger charge is -2.16. The number of nitro benzene ring substituents is 1. The van der Waals surface area contributed by atoms with E-state index in [-0.39, 0.29) is 5.69 Å². The second kappa shape index (κ2) is 5.99. The van der Waals surface area contributed by atoms with E-state index in [1.807, 2.05) is 0 Å². The van der Waals surface area contributed by atoms with E-state index >= 15 is 0 Å². The number of hydrogen-bond donors (Lipinski definition) is 2. The molecule has 0 amide bonds. The van der Waals surface area contributed by atoms with Crippen molar-refractivity contribution in [1.29, 1.82) is 0 Å². The van der Waals surface area contributed by atoms with E-state index in [1.54, 1.807) is 12.1 Å². The smallest absolute Gasteiger partial charge is 0.293 e. The van der Waals surface area contributed by atoms with Crippen LogP contribution in [-0.2, 0) is 6.54 Å². The number of anilines is 1. The van der Waals surface area contributed by atoms with Crippen LogP contribution in [-0.4, -0.2) is 22.9 Å². The molecule has 0 aliphatic carbocycles.